The van der Waals surface area contributed by atoms with Gasteiger partial charge in [0, 0.05) is 18.8 Å². The summed E-state index contributed by atoms with van der Waals surface area (Å²) < 4.78 is 18.9. The van der Waals surface area contributed by atoms with Gasteiger partial charge in [0.05, 0.1) is 12.5 Å². The number of benzene rings is 1. The molecule has 2 rings (SSSR count). The molecule has 1 fully saturated rings. The number of carbonyl (C=O) groups excluding carboxylic acids is 2. The molecule has 0 aromatic heterocycles. The lowest BCUT2D eigenvalue weighted by atomic mass is 9.75. The van der Waals surface area contributed by atoms with Crippen LogP contribution in [0.3, 0.4) is 0 Å². The highest BCUT2D eigenvalue weighted by atomic mass is 19.1. The first-order valence-electron chi connectivity index (χ1n) is 6.56. The topological polar surface area (TPSA) is 43.4 Å². The van der Waals surface area contributed by atoms with Crippen molar-refractivity contribution in [3.63, 3.8) is 0 Å². The number of ketones is 1. The monoisotopic (exact) mass is 264 g/mol. The van der Waals surface area contributed by atoms with Crippen LogP contribution in [0, 0.1) is 11.7 Å². The first-order chi connectivity index (χ1) is 9.13. The van der Waals surface area contributed by atoms with Gasteiger partial charge in [-0.1, -0.05) is 18.2 Å². The van der Waals surface area contributed by atoms with E-state index in [1.54, 1.807) is 25.1 Å². The average Bonchev–Trinajstić information content (AvgIpc) is 2.39. The van der Waals surface area contributed by atoms with Crippen molar-refractivity contribution in [3.05, 3.63) is 35.6 Å². The van der Waals surface area contributed by atoms with Crippen molar-refractivity contribution in [2.24, 2.45) is 5.92 Å². The van der Waals surface area contributed by atoms with E-state index < -0.39 is 11.8 Å². The molecular weight excluding hydrogens is 247 g/mol. The fraction of sp³-hybridized carbons (Fsp3) is 0.467. The molecule has 0 N–H and O–H groups in total. The Balaban J connectivity index is 2.29. The third-order valence-corrected chi connectivity index (χ3v) is 3.56. The van der Waals surface area contributed by atoms with Gasteiger partial charge in [0.2, 0.25) is 0 Å². The molecule has 102 valence electrons. The van der Waals surface area contributed by atoms with Crippen molar-refractivity contribution >= 4 is 11.8 Å². The molecule has 1 saturated carbocycles. The summed E-state index contributed by atoms with van der Waals surface area (Å²) in [6.07, 6.45) is 1.02. The zero-order valence-corrected chi connectivity index (χ0v) is 10.9. The van der Waals surface area contributed by atoms with Gasteiger partial charge in [0.15, 0.2) is 0 Å². The summed E-state index contributed by atoms with van der Waals surface area (Å²) in [4.78, 5) is 23.6. The van der Waals surface area contributed by atoms with Crippen LogP contribution < -0.4 is 0 Å². The quantitative estimate of drug-likeness (QED) is 0.788. The molecule has 0 unspecified atom stereocenters. The maximum atomic E-state index is 13.9. The van der Waals surface area contributed by atoms with Gasteiger partial charge < -0.3 is 4.74 Å². The van der Waals surface area contributed by atoms with Crippen LogP contribution >= 0.6 is 0 Å². The SMILES string of the molecule is CCOC(=O)[C@H]1CCC(=O)C[C@H]1c1ccccc1F. The molecule has 1 aliphatic carbocycles. The van der Waals surface area contributed by atoms with Crippen molar-refractivity contribution in [1.29, 1.82) is 0 Å². The molecule has 0 radical (unpaired) electrons. The van der Waals surface area contributed by atoms with E-state index in [4.69, 9.17) is 4.74 Å². The van der Waals surface area contributed by atoms with E-state index in [-0.39, 0.29) is 24.0 Å². The van der Waals surface area contributed by atoms with E-state index in [0.29, 0.717) is 25.0 Å². The summed E-state index contributed by atoms with van der Waals surface area (Å²) in [5.41, 5.74) is 0.439. The van der Waals surface area contributed by atoms with Gasteiger partial charge in [-0.15, -0.1) is 0 Å². The van der Waals surface area contributed by atoms with E-state index in [2.05, 4.69) is 0 Å². The Labute approximate surface area is 111 Å². The minimum absolute atomic E-state index is 0.0776. The van der Waals surface area contributed by atoms with Crippen LogP contribution in [0.25, 0.3) is 0 Å². The van der Waals surface area contributed by atoms with Crippen molar-refractivity contribution in [3.8, 4) is 0 Å². The molecule has 19 heavy (non-hydrogen) atoms. The zero-order valence-electron chi connectivity index (χ0n) is 10.9. The minimum Gasteiger partial charge on any atom is -0.466 e. The molecule has 0 amide bonds. The fourth-order valence-corrected chi connectivity index (χ4v) is 2.64. The van der Waals surface area contributed by atoms with E-state index in [1.165, 1.54) is 6.07 Å². The van der Waals surface area contributed by atoms with Crippen LogP contribution in [0.4, 0.5) is 4.39 Å². The molecule has 0 aliphatic heterocycles. The smallest absolute Gasteiger partial charge is 0.309 e. The van der Waals surface area contributed by atoms with Crippen LogP contribution in [0.1, 0.15) is 37.7 Å². The van der Waals surface area contributed by atoms with E-state index in [0.717, 1.165) is 0 Å². The average molecular weight is 264 g/mol. The third-order valence-electron chi connectivity index (χ3n) is 3.56. The molecule has 0 heterocycles. The highest BCUT2D eigenvalue weighted by molar-refractivity contribution is 5.84. The highest BCUT2D eigenvalue weighted by Crippen LogP contribution is 2.38. The summed E-state index contributed by atoms with van der Waals surface area (Å²) in [7, 11) is 0. The molecule has 0 saturated heterocycles. The van der Waals surface area contributed by atoms with E-state index in [1.807, 2.05) is 0 Å². The molecule has 1 aromatic rings. The number of hydrogen-bond donors (Lipinski definition) is 0. The summed E-state index contributed by atoms with van der Waals surface area (Å²) in [6.45, 7) is 2.04. The molecule has 3 nitrogen and oxygen atoms in total. The Morgan fingerprint density at radius 1 is 1.42 bits per heavy atom. The maximum Gasteiger partial charge on any atom is 0.309 e. The number of ether oxygens (including phenoxy) is 1. The van der Waals surface area contributed by atoms with Gasteiger partial charge in [-0.2, -0.15) is 0 Å². The molecule has 2 atom stereocenters. The highest BCUT2D eigenvalue weighted by Gasteiger charge is 2.37. The molecule has 1 aliphatic rings. The van der Waals surface area contributed by atoms with Gasteiger partial charge in [-0.05, 0) is 25.0 Å². The summed E-state index contributed by atoms with van der Waals surface area (Å²) in [5, 5.41) is 0. The maximum absolute atomic E-state index is 13.9. The number of halogens is 1. The second-order valence-corrected chi connectivity index (χ2v) is 4.77. The Bertz CT molecular complexity index is 484. The van der Waals surface area contributed by atoms with Crippen molar-refractivity contribution in [2.75, 3.05) is 6.61 Å². The van der Waals surface area contributed by atoms with Gasteiger partial charge >= 0.3 is 5.97 Å². The molecular formula is C15H17FO3. The van der Waals surface area contributed by atoms with Crippen LogP contribution in [0.15, 0.2) is 24.3 Å². The lowest BCUT2D eigenvalue weighted by molar-refractivity contribution is -0.150. The van der Waals surface area contributed by atoms with Crippen LogP contribution in [-0.2, 0) is 14.3 Å². The van der Waals surface area contributed by atoms with Crippen molar-refractivity contribution < 1.29 is 18.7 Å². The first kappa shape index (κ1) is 13.7. The number of carbonyl (C=O) groups is 2. The Morgan fingerprint density at radius 3 is 2.84 bits per heavy atom. The molecule has 0 bridgehead atoms. The molecule has 1 aromatic carbocycles. The van der Waals surface area contributed by atoms with Gasteiger partial charge in [-0.3, -0.25) is 9.59 Å². The van der Waals surface area contributed by atoms with Crippen LogP contribution in [0.5, 0.6) is 0 Å². The molecule has 0 spiro atoms. The third kappa shape index (κ3) is 3.00. The van der Waals surface area contributed by atoms with Crippen LogP contribution in [-0.4, -0.2) is 18.4 Å². The zero-order chi connectivity index (χ0) is 13.8. The predicted octanol–water partition coefficient (Wildman–Crippen LogP) is 2.84. The van der Waals surface area contributed by atoms with E-state index >= 15 is 0 Å². The number of esters is 1. The second kappa shape index (κ2) is 5.95. The Hall–Kier alpha value is -1.71. The van der Waals surface area contributed by atoms with Gasteiger partial charge in [0.1, 0.15) is 11.6 Å². The lowest BCUT2D eigenvalue weighted by Gasteiger charge is -2.29. The van der Waals surface area contributed by atoms with Crippen molar-refractivity contribution in [2.45, 2.75) is 32.1 Å². The predicted molar refractivity (Wildman–Crippen MR) is 68.1 cm³/mol. The summed E-state index contributed by atoms with van der Waals surface area (Å²) >= 11 is 0. The Kier molecular flexibility index (Phi) is 4.30. The normalized spacial score (nSPS) is 23.2. The second-order valence-electron chi connectivity index (χ2n) is 4.77. The largest absolute Gasteiger partial charge is 0.466 e. The minimum atomic E-state index is -0.422. The van der Waals surface area contributed by atoms with Crippen LogP contribution in [0.2, 0.25) is 0 Å². The fourth-order valence-electron chi connectivity index (χ4n) is 2.64. The number of rotatable bonds is 3. The lowest BCUT2D eigenvalue weighted by Crippen LogP contribution is -2.31. The summed E-state index contributed by atoms with van der Waals surface area (Å²) in [6, 6.07) is 6.32. The standard InChI is InChI=1S/C15H17FO3/c1-2-19-15(18)12-8-7-10(17)9-13(12)11-5-3-4-6-14(11)16/h3-6,12-13H,2,7-9H2,1H3/t12-,13-/m0/s1. The van der Waals surface area contributed by atoms with E-state index in [9.17, 15) is 14.0 Å². The van der Waals surface area contributed by atoms with Gasteiger partial charge in [0.25, 0.3) is 0 Å². The van der Waals surface area contributed by atoms with Crippen molar-refractivity contribution in [1.82, 2.24) is 0 Å². The molecule has 4 heteroatoms. The Morgan fingerprint density at radius 2 is 2.16 bits per heavy atom. The number of hydrogen-bond acceptors (Lipinski definition) is 3. The number of Topliss-reactive ketones (excluding diaryl/α,β-unsaturated/α-hetero) is 1. The first-order valence-corrected chi connectivity index (χ1v) is 6.56. The van der Waals surface area contributed by atoms with Gasteiger partial charge in [-0.25, -0.2) is 4.39 Å². The summed E-state index contributed by atoms with van der Waals surface area (Å²) in [5.74, 6) is -1.44.